The van der Waals surface area contributed by atoms with Crippen LogP contribution in [0.4, 0.5) is 0 Å². The van der Waals surface area contributed by atoms with Crippen LogP contribution in [-0.2, 0) is 0 Å². The van der Waals surface area contributed by atoms with Crippen molar-refractivity contribution in [2.45, 2.75) is 13.0 Å². The van der Waals surface area contributed by atoms with Crippen molar-refractivity contribution in [2.24, 2.45) is 0 Å². The molecule has 1 aromatic rings. The van der Waals surface area contributed by atoms with Crippen molar-refractivity contribution >= 4 is 5.97 Å². The molecule has 15 heavy (non-hydrogen) atoms. The smallest absolute Gasteiger partial charge is 0.339 e. The number of aromatic carboxylic acids is 1. The Balaban J connectivity index is 3.38. The fraction of sp³-hybridized carbons (Fsp3) is 0.300. The van der Waals surface area contributed by atoms with Gasteiger partial charge in [0.1, 0.15) is 5.56 Å². The van der Waals surface area contributed by atoms with Crippen molar-refractivity contribution in [2.75, 3.05) is 7.11 Å². The fourth-order valence-corrected chi connectivity index (χ4v) is 1.19. The summed E-state index contributed by atoms with van der Waals surface area (Å²) in [5.74, 6) is -1.67. The molecule has 1 unspecified atom stereocenters. The highest BCUT2D eigenvalue weighted by molar-refractivity contribution is 5.92. The van der Waals surface area contributed by atoms with Crippen molar-refractivity contribution in [3.8, 4) is 11.5 Å². The molecule has 0 heterocycles. The maximum atomic E-state index is 10.8. The summed E-state index contributed by atoms with van der Waals surface area (Å²) in [6, 6.07) is 2.61. The fourth-order valence-electron chi connectivity index (χ4n) is 1.19. The van der Waals surface area contributed by atoms with Gasteiger partial charge in [0.25, 0.3) is 0 Å². The van der Waals surface area contributed by atoms with E-state index in [1.54, 1.807) is 0 Å². The average Bonchev–Trinajstić information content (AvgIpc) is 2.17. The summed E-state index contributed by atoms with van der Waals surface area (Å²) in [5, 5.41) is 27.6. The molecule has 0 aromatic heterocycles. The Morgan fingerprint density at radius 3 is 2.47 bits per heavy atom. The summed E-state index contributed by atoms with van der Waals surface area (Å²) in [5.41, 5.74) is 0.0901. The van der Waals surface area contributed by atoms with Gasteiger partial charge in [-0.25, -0.2) is 4.79 Å². The monoisotopic (exact) mass is 212 g/mol. The van der Waals surface area contributed by atoms with E-state index >= 15 is 0 Å². The first kappa shape index (κ1) is 11.3. The molecule has 1 rings (SSSR count). The lowest BCUT2D eigenvalue weighted by Crippen LogP contribution is -2.02. The molecule has 5 nitrogen and oxygen atoms in total. The van der Waals surface area contributed by atoms with Gasteiger partial charge in [-0.2, -0.15) is 0 Å². The third-order valence-corrected chi connectivity index (χ3v) is 2.03. The van der Waals surface area contributed by atoms with Crippen LogP contribution < -0.4 is 4.74 Å². The zero-order chi connectivity index (χ0) is 11.6. The van der Waals surface area contributed by atoms with Crippen molar-refractivity contribution in [1.82, 2.24) is 0 Å². The van der Waals surface area contributed by atoms with Gasteiger partial charge in [0.2, 0.25) is 0 Å². The van der Waals surface area contributed by atoms with Crippen LogP contribution in [-0.4, -0.2) is 28.4 Å². The number of carboxylic acid groups (broad SMARTS) is 1. The number of hydrogen-bond donors (Lipinski definition) is 3. The third-order valence-electron chi connectivity index (χ3n) is 2.03. The van der Waals surface area contributed by atoms with Crippen molar-refractivity contribution < 1.29 is 24.9 Å². The van der Waals surface area contributed by atoms with Gasteiger partial charge in [0.15, 0.2) is 11.5 Å². The molecular weight excluding hydrogens is 200 g/mol. The molecule has 0 aliphatic carbocycles. The van der Waals surface area contributed by atoms with Gasteiger partial charge in [-0.3, -0.25) is 0 Å². The predicted molar refractivity (Wildman–Crippen MR) is 52.3 cm³/mol. The molecule has 1 atom stereocenters. The van der Waals surface area contributed by atoms with Gasteiger partial charge in [-0.1, -0.05) is 0 Å². The summed E-state index contributed by atoms with van der Waals surface area (Å²) in [4.78, 5) is 10.8. The molecule has 0 aliphatic rings. The Morgan fingerprint density at radius 1 is 1.47 bits per heavy atom. The van der Waals surface area contributed by atoms with Gasteiger partial charge in [-0.15, -0.1) is 0 Å². The molecule has 0 radical (unpaired) electrons. The van der Waals surface area contributed by atoms with Crippen LogP contribution in [0.3, 0.4) is 0 Å². The summed E-state index contributed by atoms with van der Waals surface area (Å²) in [6.45, 7) is 1.50. The van der Waals surface area contributed by atoms with Crippen LogP contribution in [0.5, 0.6) is 11.5 Å². The Bertz CT molecular complexity index is 384. The maximum Gasteiger partial charge on any atom is 0.339 e. The second-order valence-corrected chi connectivity index (χ2v) is 3.10. The van der Waals surface area contributed by atoms with Crippen LogP contribution in [0.2, 0.25) is 0 Å². The van der Waals surface area contributed by atoms with Gasteiger partial charge in [0, 0.05) is 0 Å². The number of phenols is 1. The van der Waals surface area contributed by atoms with E-state index in [4.69, 9.17) is 9.84 Å². The number of aliphatic hydroxyl groups excluding tert-OH is 1. The molecule has 0 amide bonds. The average molecular weight is 212 g/mol. The number of aromatic hydroxyl groups is 1. The molecule has 0 saturated heterocycles. The third kappa shape index (κ3) is 2.19. The second kappa shape index (κ2) is 4.18. The Labute approximate surface area is 86.5 Å². The zero-order valence-electron chi connectivity index (χ0n) is 8.39. The molecule has 0 fully saturated rings. The summed E-state index contributed by atoms with van der Waals surface area (Å²) in [6.07, 6.45) is -0.822. The first-order chi connectivity index (χ1) is 6.97. The quantitative estimate of drug-likeness (QED) is 0.699. The van der Waals surface area contributed by atoms with Gasteiger partial charge in [-0.05, 0) is 24.6 Å². The van der Waals surface area contributed by atoms with E-state index in [1.165, 1.54) is 26.2 Å². The van der Waals surface area contributed by atoms with Crippen LogP contribution in [0.1, 0.15) is 28.9 Å². The number of ether oxygens (including phenoxy) is 1. The number of hydrogen-bond acceptors (Lipinski definition) is 4. The van der Waals surface area contributed by atoms with E-state index in [2.05, 4.69) is 0 Å². The number of methoxy groups -OCH3 is 1. The Kier molecular flexibility index (Phi) is 3.16. The Hall–Kier alpha value is -1.75. The van der Waals surface area contributed by atoms with Crippen LogP contribution in [0.25, 0.3) is 0 Å². The number of carboxylic acids is 1. The molecule has 0 aliphatic heterocycles. The number of aliphatic hydroxyl groups is 1. The minimum atomic E-state index is -1.27. The lowest BCUT2D eigenvalue weighted by molar-refractivity contribution is 0.0692. The topological polar surface area (TPSA) is 87.0 Å². The summed E-state index contributed by atoms with van der Waals surface area (Å²) < 4.78 is 4.80. The van der Waals surface area contributed by atoms with E-state index < -0.39 is 17.8 Å². The molecule has 0 saturated carbocycles. The lowest BCUT2D eigenvalue weighted by Gasteiger charge is -2.11. The molecule has 5 heteroatoms. The predicted octanol–water partition coefficient (Wildman–Crippen LogP) is 1.15. The van der Waals surface area contributed by atoms with Crippen LogP contribution in [0, 0.1) is 0 Å². The van der Waals surface area contributed by atoms with E-state index in [0.29, 0.717) is 5.56 Å². The second-order valence-electron chi connectivity index (χ2n) is 3.10. The first-order valence-electron chi connectivity index (χ1n) is 4.29. The molecular formula is C10H12O5. The number of rotatable bonds is 3. The van der Waals surface area contributed by atoms with Crippen molar-refractivity contribution in [3.63, 3.8) is 0 Å². The van der Waals surface area contributed by atoms with E-state index in [0.717, 1.165) is 0 Å². The minimum Gasteiger partial charge on any atom is -0.504 e. The van der Waals surface area contributed by atoms with E-state index in [1.807, 2.05) is 0 Å². The van der Waals surface area contributed by atoms with E-state index in [9.17, 15) is 15.0 Å². The standard InChI is InChI=1S/C10H12O5/c1-5(11)6-3-7(10(13)14)9(12)8(4-6)15-2/h3-5,11-12H,1-2H3,(H,13,14). The summed E-state index contributed by atoms with van der Waals surface area (Å²) in [7, 11) is 1.31. The van der Waals surface area contributed by atoms with Crippen molar-refractivity contribution in [1.29, 1.82) is 0 Å². The molecule has 0 spiro atoms. The maximum absolute atomic E-state index is 10.8. The molecule has 82 valence electrons. The number of benzene rings is 1. The highest BCUT2D eigenvalue weighted by Crippen LogP contribution is 2.33. The highest BCUT2D eigenvalue weighted by atomic mass is 16.5. The normalized spacial score (nSPS) is 12.2. The first-order valence-corrected chi connectivity index (χ1v) is 4.29. The molecule has 1 aromatic carbocycles. The summed E-state index contributed by atoms with van der Waals surface area (Å²) >= 11 is 0. The van der Waals surface area contributed by atoms with Crippen molar-refractivity contribution in [3.05, 3.63) is 23.3 Å². The van der Waals surface area contributed by atoms with Gasteiger partial charge >= 0.3 is 5.97 Å². The SMILES string of the molecule is COc1cc(C(C)O)cc(C(=O)O)c1O. The van der Waals surface area contributed by atoms with Crippen LogP contribution in [0.15, 0.2) is 12.1 Å². The van der Waals surface area contributed by atoms with Gasteiger partial charge in [0.05, 0.1) is 13.2 Å². The number of carbonyl (C=O) groups is 1. The minimum absolute atomic E-state index is 0.0331. The highest BCUT2D eigenvalue weighted by Gasteiger charge is 2.17. The van der Waals surface area contributed by atoms with Gasteiger partial charge < -0.3 is 20.1 Å². The molecule has 0 bridgehead atoms. The van der Waals surface area contributed by atoms with Crippen LogP contribution >= 0.6 is 0 Å². The lowest BCUT2D eigenvalue weighted by atomic mass is 10.1. The Morgan fingerprint density at radius 2 is 2.07 bits per heavy atom. The van der Waals surface area contributed by atoms with E-state index in [-0.39, 0.29) is 11.3 Å². The molecule has 3 N–H and O–H groups in total. The largest absolute Gasteiger partial charge is 0.504 e. The zero-order valence-corrected chi connectivity index (χ0v) is 8.39.